The van der Waals surface area contributed by atoms with Crippen LogP contribution in [-0.2, 0) is 19.1 Å². The molecule has 2 aromatic heterocycles. The fraction of sp³-hybridized carbons (Fsp3) is 0.552. The summed E-state index contributed by atoms with van der Waals surface area (Å²) >= 11 is 1.35. The Morgan fingerprint density at radius 3 is 2.48 bits per heavy atom. The summed E-state index contributed by atoms with van der Waals surface area (Å²) < 4.78 is 46.2. The van der Waals surface area contributed by atoms with E-state index in [-0.39, 0.29) is 23.8 Å². The number of fused-ring (bicyclic) bond motifs is 2. The molecule has 13 heteroatoms. The number of hydrogen-bond donors (Lipinski definition) is 2. The molecule has 4 rings (SSSR count). The number of aromatic nitrogens is 1. The van der Waals surface area contributed by atoms with Gasteiger partial charge < -0.3 is 20.3 Å². The zero-order valence-electron chi connectivity index (χ0n) is 24.0. The van der Waals surface area contributed by atoms with Crippen LogP contribution in [0.4, 0.5) is 13.2 Å². The number of pyridine rings is 1. The van der Waals surface area contributed by atoms with Crippen molar-refractivity contribution in [3.05, 3.63) is 28.9 Å². The fourth-order valence-corrected chi connectivity index (χ4v) is 6.87. The number of rotatable bonds is 7. The number of amides is 3. The number of piperidine rings is 1. The summed E-state index contributed by atoms with van der Waals surface area (Å²) in [6, 6.07) is -1.92. The van der Waals surface area contributed by atoms with Gasteiger partial charge in [-0.2, -0.15) is 18.4 Å². The Hall–Kier alpha value is -3.68. The Morgan fingerprint density at radius 2 is 1.90 bits per heavy atom. The summed E-state index contributed by atoms with van der Waals surface area (Å²) in [5.74, 6) is -1.66. The van der Waals surface area contributed by atoms with Gasteiger partial charge in [0.25, 0.3) is 0 Å². The molecular weight excluding hydrogens is 571 g/mol. The van der Waals surface area contributed by atoms with Gasteiger partial charge >= 0.3 is 12.1 Å². The molecular formula is C29H32F3N5O4S. The van der Waals surface area contributed by atoms with Gasteiger partial charge in [-0.3, -0.25) is 19.4 Å². The molecule has 1 unspecified atom stereocenters. The Kier molecular flexibility index (Phi) is 8.09. The first-order valence-corrected chi connectivity index (χ1v) is 14.2. The molecule has 0 aromatic carbocycles. The summed E-state index contributed by atoms with van der Waals surface area (Å²) in [4.78, 5) is 45.0. The highest BCUT2D eigenvalue weighted by Crippen LogP contribution is 2.65. The average molecular weight is 604 g/mol. The number of nitriles is 1. The fourth-order valence-electron chi connectivity index (χ4n) is 5.97. The third kappa shape index (κ3) is 5.81. The lowest BCUT2D eigenvalue weighted by atomic mass is 9.98. The highest BCUT2D eigenvalue weighted by atomic mass is 32.1. The quantitative estimate of drug-likeness (QED) is 0.466. The second-order valence-electron chi connectivity index (χ2n) is 12.2. The molecule has 3 heterocycles. The number of thiophene rings is 1. The molecule has 1 aliphatic heterocycles. The minimum atomic E-state index is -5.24. The number of ether oxygens (including phenoxy) is 1. The molecule has 2 aliphatic rings. The molecule has 2 N–H and O–H groups in total. The number of nitrogens with one attached hydrogen (secondary N) is 2. The summed E-state index contributed by atoms with van der Waals surface area (Å²) in [6.45, 7) is 10.4. The Bertz CT molecular complexity index is 1500. The molecule has 0 spiro atoms. The topological polar surface area (TPSA) is 124 Å². The number of terminal acetylenes is 1. The van der Waals surface area contributed by atoms with E-state index in [2.05, 4.69) is 22.3 Å². The second kappa shape index (κ2) is 10.9. The lowest BCUT2D eigenvalue weighted by Gasteiger charge is -2.36. The zero-order chi connectivity index (χ0) is 31.4. The van der Waals surface area contributed by atoms with Crippen molar-refractivity contribution in [2.24, 2.45) is 17.3 Å². The summed E-state index contributed by atoms with van der Waals surface area (Å²) in [5, 5.41) is 16.9. The van der Waals surface area contributed by atoms with Gasteiger partial charge in [0, 0.05) is 40.8 Å². The van der Waals surface area contributed by atoms with Crippen molar-refractivity contribution in [3.63, 3.8) is 0 Å². The lowest BCUT2D eigenvalue weighted by Crippen LogP contribution is -2.61. The second-order valence-corrected chi connectivity index (χ2v) is 13.2. The summed E-state index contributed by atoms with van der Waals surface area (Å²) in [6.07, 6.45) is 2.29. The first kappa shape index (κ1) is 31.3. The van der Waals surface area contributed by atoms with Crippen molar-refractivity contribution in [2.75, 3.05) is 6.54 Å². The van der Waals surface area contributed by atoms with Gasteiger partial charge in [-0.1, -0.05) is 19.8 Å². The minimum absolute atomic E-state index is 0.0926. The van der Waals surface area contributed by atoms with Gasteiger partial charge in [0.15, 0.2) is 0 Å². The molecule has 2 aromatic rings. The maximum atomic E-state index is 13.9. The lowest BCUT2D eigenvalue weighted by molar-refractivity contribution is -0.177. The Balaban J connectivity index is 1.66. The van der Waals surface area contributed by atoms with Crippen LogP contribution >= 0.6 is 11.3 Å². The van der Waals surface area contributed by atoms with Gasteiger partial charge in [0.1, 0.15) is 18.1 Å². The third-order valence-electron chi connectivity index (χ3n) is 7.97. The highest BCUT2D eigenvalue weighted by Gasteiger charge is 2.69. The molecule has 1 aliphatic carbocycles. The normalized spacial score (nSPS) is 23.2. The number of alkyl halides is 3. The van der Waals surface area contributed by atoms with E-state index in [1.165, 1.54) is 29.4 Å². The van der Waals surface area contributed by atoms with Crippen LogP contribution in [0.5, 0.6) is 0 Å². The van der Waals surface area contributed by atoms with Crippen LogP contribution in [0.3, 0.4) is 0 Å². The van der Waals surface area contributed by atoms with Gasteiger partial charge in [-0.25, -0.2) is 0 Å². The smallest absolute Gasteiger partial charge is 0.370 e. The Labute approximate surface area is 245 Å². The molecule has 0 radical (unpaired) electrons. The van der Waals surface area contributed by atoms with Crippen molar-refractivity contribution in [1.29, 1.82) is 5.26 Å². The molecule has 224 valence electrons. The molecule has 9 nitrogen and oxygen atoms in total. The van der Waals surface area contributed by atoms with E-state index in [1.54, 1.807) is 37.7 Å². The largest absolute Gasteiger partial charge is 0.471 e. The number of likely N-dealkylation sites (tertiary alicyclic amines) is 1. The number of halogens is 3. The molecule has 1 saturated carbocycles. The first-order valence-electron chi connectivity index (χ1n) is 13.3. The molecule has 3 amide bonds. The predicted molar refractivity (Wildman–Crippen MR) is 149 cm³/mol. The molecule has 0 bridgehead atoms. The highest BCUT2D eigenvalue weighted by molar-refractivity contribution is 7.17. The van der Waals surface area contributed by atoms with Gasteiger partial charge in [0.05, 0.1) is 22.5 Å². The summed E-state index contributed by atoms with van der Waals surface area (Å²) in [7, 11) is 0. The Morgan fingerprint density at radius 1 is 1.24 bits per heavy atom. The van der Waals surface area contributed by atoms with E-state index in [9.17, 15) is 32.8 Å². The van der Waals surface area contributed by atoms with Crippen LogP contribution < -0.4 is 10.6 Å². The monoisotopic (exact) mass is 603 g/mol. The molecule has 42 heavy (non-hydrogen) atoms. The SMILES string of the molecule is C#Cc1csc2cncc(C(C#N)NC(=O)[C@@H]3[C@@H]4[C@H](CN3C(=O)[C@@H](NC(=O)C(F)(F)F)[C@@H](C)OC(C)(C)C)C4(C)C)c12. The van der Waals surface area contributed by atoms with E-state index in [0.717, 1.165) is 4.70 Å². The number of nitrogens with zero attached hydrogens (tertiary/aromatic N) is 3. The van der Waals surface area contributed by atoms with Crippen LogP contribution in [-0.4, -0.2) is 64.1 Å². The third-order valence-corrected chi connectivity index (χ3v) is 8.89. The molecule has 6 atom stereocenters. The van der Waals surface area contributed by atoms with Gasteiger partial charge in [0.2, 0.25) is 11.8 Å². The van der Waals surface area contributed by atoms with Gasteiger partial charge in [-0.15, -0.1) is 17.8 Å². The maximum absolute atomic E-state index is 13.9. The van der Waals surface area contributed by atoms with Crippen molar-refractivity contribution >= 4 is 39.1 Å². The van der Waals surface area contributed by atoms with E-state index in [1.807, 2.05) is 13.8 Å². The van der Waals surface area contributed by atoms with Gasteiger partial charge in [-0.05, 0) is 44.9 Å². The number of carbonyl (C=O) groups is 3. The van der Waals surface area contributed by atoms with Crippen molar-refractivity contribution < 1.29 is 32.3 Å². The van der Waals surface area contributed by atoms with E-state index in [0.29, 0.717) is 16.5 Å². The van der Waals surface area contributed by atoms with Crippen LogP contribution in [0.1, 0.15) is 58.7 Å². The van der Waals surface area contributed by atoms with Crippen LogP contribution in [0.15, 0.2) is 17.8 Å². The van der Waals surface area contributed by atoms with E-state index < -0.39 is 53.7 Å². The standard InChI is InChI=1S/C29H32F3N5O4S/c1-8-15-13-42-19-11-34-10-16(20(15)19)18(9-33)35-24(38)23-21-17(28(21,6)7)12-37(23)25(39)22(14(2)41-27(3,4)5)36-26(40)29(30,31)32/h1,10-11,13-14,17-18,21-23H,12H2,2-7H3,(H,35,38)(H,36,40)/t14-,17+,18?,21+,22+,23+/m1/s1. The molecule has 1 saturated heterocycles. The van der Waals surface area contributed by atoms with Crippen molar-refractivity contribution in [1.82, 2.24) is 20.5 Å². The summed E-state index contributed by atoms with van der Waals surface area (Å²) in [5.41, 5.74) is -0.243. The maximum Gasteiger partial charge on any atom is 0.471 e. The molecule has 2 fully saturated rings. The van der Waals surface area contributed by atoms with E-state index >= 15 is 0 Å². The number of carbonyl (C=O) groups excluding carboxylic acids is 3. The average Bonchev–Trinajstić information content (AvgIpc) is 3.26. The number of hydrogen-bond acceptors (Lipinski definition) is 7. The van der Waals surface area contributed by atoms with Crippen LogP contribution in [0.2, 0.25) is 0 Å². The first-order chi connectivity index (χ1) is 19.4. The zero-order valence-corrected chi connectivity index (χ0v) is 24.8. The van der Waals surface area contributed by atoms with E-state index in [4.69, 9.17) is 11.2 Å². The minimum Gasteiger partial charge on any atom is -0.370 e. The predicted octanol–water partition coefficient (Wildman–Crippen LogP) is 3.69. The van der Waals surface area contributed by atoms with Crippen LogP contribution in [0.25, 0.3) is 10.1 Å². The van der Waals surface area contributed by atoms with Crippen molar-refractivity contribution in [3.8, 4) is 18.4 Å². The van der Waals surface area contributed by atoms with Crippen LogP contribution in [0, 0.1) is 40.9 Å². The van der Waals surface area contributed by atoms with Crippen molar-refractivity contribution in [2.45, 2.75) is 77.5 Å².